The molecule has 0 radical (unpaired) electrons. The fourth-order valence-corrected chi connectivity index (χ4v) is 3.90. The number of nitrogens with zero attached hydrogens (tertiary/aromatic N) is 2. The molecule has 22 heavy (non-hydrogen) atoms. The Morgan fingerprint density at radius 3 is 2.64 bits per heavy atom. The summed E-state index contributed by atoms with van der Waals surface area (Å²) in [5, 5.41) is 3.78. The Labute approximate surface area is 133 Å². The molecule has 2 heterocycles. The van der Waals surface area contributed by atoms with Crippen molar-refractivity contribution in [3.8, 4) is 0 Å². The predicted molar refractivity (Wildman–Crippen MR) is 83.7 cm³/mol. The van der Waals surface area contributed by atoms with E-state index < -0.39 is 21.8 Å². The lowest BCUT2D eigenvalue weighted by molar-refractivity contribution is -0.131. The van der Waals surface area contributed by atoms with E-state index in [4.69, 9.17) is 5.73 Å². The second kappa shape index (κ2) is 6.76. The molecular weight excluding hydrogens is 326 g/mol. The van der Waals surface area contributed by atoms with Crippen LogP contribution < -0.4 is 5.73 Å². The van der Waals surface area contributed by atoms with Gasteiger partial charge in [0.25, 0.3) is 0 Å². The van der Waals surface area contributed by atoms with Crippen molar-refractivity contribution in [2.75, 3.05) is 32.4 Å². The zero-order valence-corrected chi connectivity index (χ0v) is 13.9. The number of thiophene rings is 1. The van der Waals surface area contributed by atoms with E-state index in [1.54, 1.807) is 0 Å². The summed E-state index contributed by atoms with van der Waals surface area (Å²) in [4.78, 5) is 25.4. The number of primary amides is 1. The molecule has 1 aromatic rings. The van der Waals surface area contributed by atoms with Crippen molar-refractivity contribution in [2.24, 2.45) is 11.7 Å². The lowest BCUT2D eigenvalue weighted by Crippen LogP contribution is -2.41. The number of carbonyl (C=O) groups is 2. The molecule has 0 bridgehead atoms. The molecule has 1 atom stereocenters. The number of sulfonamides is 1. The summed E-state index contributed by atoms with van der Waals surface area (Å²) in [6.07, 6.45) is 1.34. The van der Waals surface area contributed by atoms with Gasteiger partial charge in [0.15, 0.2) is 0 Å². The molecule has 0 aromatic carbocycles. The van der Waals surface area contributed by atoms with Crippen molar-refractivity contribution in [3.63, 3.8) is 0 Å². The highest BCUT2D eigenvalue weighted by Crippen LogP contribution is 2.15. The summed E-state index contributed by atoms with van der Waals surface area (Å²) >= 11 is 1.51. The van der Waals surface area contributed by atoms with Crippen molar-refractivity contribution >= 4 is 33.2 Å². The molecule has 7 nitrogen and oxygen atoms in total. The van der Waals surface area contributed by atoms with Gasteiger partial charge in [-0.3, -0.25) is 9.59 Å². The average Bonchev–Trinajstić information content (AvgIpc) is 2.79. The standard InChI is InChI=1S/C13H19N3O4S2/c1-22(19,20)16-4-3-15(7-11(8-16)13(14)18)12(17)6-10-2-5-21-9-10/h2,5,9,11H,3-4,6-8H2,1H3,(H2,14,18)/t11-/m0/s1. The van der Waals surface area contributed by atoms with E-state index in [0.29, 0.717) is 0 Å². The Morgan fingerprint density at radius 2 is 2.09 bits per heavy atom. The first kappa shape index (κ1) is 16.9. The Hall–Kier alpha value is -1.45. The Balaban J connectivity index is 2.12. The van der Waals surface area contributed by atoms with Crippen LogP contribution in [0.2, 0.25) is 0 Å². The molecule has 9 heteroatoms. The third kappa shape index (κ3) is 4.28. The topological polar surface area (TPSA) is 101 Å². The molecule has 2 amide bonds. The maximum atomic E-state index is 12.4. The van der Waals surface area contributed by atoms with Crippen LogP contribution in [-0.4, -0.2) is 61.9 Å². The summed E-state index contributed by atoms with van der Waals surface area (Å²) in [5.41, 5.74) is 6.26. The minimum atomic E-state index is -3.43. The first-order valence-corrected chi connectivity index (χ1v) is 9.60. The molecule has 1 aliphatic heterocycles. The molecule has 1 saturated heterocycles. The van der Waals surface area contributed by atoms with Gasteiger partial charge in [-0.25, -0.2) is 8.42 Å². The fourth-order valence-electron chi connectivity index (χ4n) is 2.37. The number of rotatable bonds is 4. The first-order chi connectivity index (χ1) is 10.3. The second-order valence-corrected chi connectivity index (χ2v) is 8.13. The molecular formula is C13H19N3O4S2. The van der Waals surface area contributed by atoms with Crippen LogP contribution >= 0.6 is 11.3 Å². The monoisotopic (exact) mass is 345 g/mol. The van der Waals surface area contributed by atoms with Crippen molar-refractivity contribution in [2.45, 2.75) is 6.42 Å². The molecule has 0 unspecified atom stereocenters. The van der Waals surface area contributed by atoms with Gasteiger partial charge in [-0.2, -0.15) is 15.6 Å². The van der Waals surface area contributed by atoms with E-state index in [0.717, 1.165) is 11.8 Å². The van der Waals surface area contributed by atoms with Crippen molar-refractivity contribution in [3.05, 3.63) is 22.4 Å². The van der Waals surface area contributed by atoms with Crippen molar-refractivity contribution in [1.29, 1.82) is 0 Å². The molecule has 1 fully saturated rings. The minimum absolute atomic E-state index is 0.0242. The zero-order valence-electron chi connectivity index (χ0n) is 12.3. The number of hydrogen-bond acceptors (Lipinski definition) is 5. The highest BCUT2D eigenvalue weighted by Gasteiger charge is 2.32. The van der Waals surface area contributed by atoms with Crippen LogP contribution in [0, 0.1) is 5.92 Å². The van der Waals surface area contributed by atoms with E-state index in [-0.39, 0.29) is 38.5 Å². The minimum Gasteiger partial charge on any atom is -0.369 e. The van der Waals surface area contributed by atoms with Crippen LogP contribution in [0.3, 0.4) is 0 Å². The largest absolute Gasteiger partial charge is 0.369 e. The molecule has 2 N–H and O–H groups in total. The molecule has 0 aliphatic carbocycles. The van der Waals surface area contributed by atoms with Crippen LogP contribution in [0.25, 0.3) is 0 Å². The van der Waals surface area contributed by atoms with Crippen LogP contribution in [0.15, 0.2) is 16.8 Å². The number of nitrogens with two attached hydrogens (primary N) is 1. The lowest BCUT2D eigenvalue weighted by Gasteiger charge is -2.22. The Bertz CT molecular complexity index is 642. The smallest absolute Gasteiger partial charge is 0.227 e. The average molecular weight is 345 g/mol. The van der Waals surface area contributed by atoms with Crippen LogP contribution in [-0.2, 0) is 26.0 Å². The Kier molecular flexibility index (Phi) is 5.20. The van der Waals surface area contributed by atoms with E-state index >= 15 is 0 Å². The molecule has 1 aliphatic rings. The third-order valence-electron chi connectivity index (χ3n) is 3.64. The number of carbonyl (C=O) groups excluding carboxylic acids is 2. The van der Waals surface area contributed by atoms with Gasteiger partial charge < -0.3 is 10.6 Å². The lowest BCUT2D eigenvalue weighted by atomic mass is 10.1. The van der Waals surface area contributed by atoms with E-state index in [2.05, 4.69) is 0 Å². The van der Waals surface area contributed by atoms with Gasteiger partial charge in [0, 0.05) is 26.2 Å². The summed E-state index contributed by atoms with van der Waals surface area (Å²) in [7, 11) is -3.43. The Morgan fingerprint density at radius 1 is 1.36 bits per heavy atom. The second-order valence-electron chi connectivity index (χ2n) is 5.37. The van der Waals surface area contributed by atoms with Gasteiger partial charge >= 0.3 is 0 Å². The predicted octanol–water partition coefficient (Wildman–Crippen LogP) is -0.504. The summed E-state index contributed by atoms with van der Waals surface area (Å²) in [6.45, 7) is 0.624. The summed E-state index contributed by atoms with van der Waals surface area (Å²) in [5.74, 6) is -1.41. The van der Waals surface area contributed by atoms with Gasteiger partial charge in [0.2, 0.25) is 21.8 Å². The van der Waals surface area contributed by atoms with Crippen LogP contribution in [0.4, 0.5) is 0 Å². The third-order valence-corrected chi connectivity index (χ3v) is 5.65. The van der Waals surface area contributed by atoms with Gasteiger partial charge in [0.1, 0.15) is 0 Å². The highest BCUT2D eigenvalue weighted by atomic mass is 32.2. The fraction of sp³-hybridized carbons (Fsp3) is 0.538. The van der Waals surface area contributed by atoms with Crippen LogP contribution in [0.1, 0.15) is 5.56 Å². The maximum Gasteiger partial charge on any atom is 0.227 e. The zero-order chi connectivity index (χ0) is 16.3. The molecule has 2 rings (SSSR count). The maximum absolute atomic E-state index is 12.4. The van der Waals surface area contributed by atoms with Gasteiger partial charge in [-0.15, -0.1) is 0 Å². The quantitative estimate of drug-likeness (QED) is 0.794. The van der Waals surface area contributed by atoms with E-state index in [1.165, 1.54) is 20.5 Å². The summed E-state index contributed by atoms with van der Waals surface area (Å²) in [6, 6.07) is 1.87. The number of amides is 2. The van der Waals surface area contributed by atoms with Crippen LogP contribution in [0.5, 0.6) is 0 Å². The first-order valence-electron chi connectivity index (χ1n) is 6.80. The molecule has 0 spiro atoms. The van der Waals surface area contributed by atoms with Crippen molar-refractivity contribution in [1.82, 2.24) is 9.21 Å². The molecule has 122 valence electrons. The molecule has 1 aromatic heterocycles. The normalized spacial score (nSPS) is 20.6. The van der Waals surface area contributed by atoms with Gasteiger partial charge in [0.05, 0.1) is 18.6 Å². The van der Waals surface area contributed by atoms with Crippen molar-refractivity contribution < 1.29 is 18.0 Å². The van der Waals surface area contributed by atoms with E-state index in [9.17, 15) is 18.0 Å². The van der Waals surface area contributed by atoms with E-state index in [1.807, 2.05) is 16.8 Å². The summed E-state index contributed by atoms with van der Waals surface area (Å²) < 4.78 is 24.6. The van der Waals surface area contributed by atoms with Gasteiger partial charge in [-0.1, -0.05) is 0 Å². The SMILES string of the molecule is CS(=O)(=O)N1CCN(C(=O)Cc2ccsc2)C[C@H](C(N)=O)C1. The number of hydrogen-bond donors (Lipinski definition) is 1. The van der Waals surface area contributed by atoms with Gasteiger partial charge in [-0.05, 0) is 22.4 Å². The molecule has 0 saturated carbocycles. The highest BCUT2D eigenvalue weighted by molar-refractivity contribution is 7.88.